The fraction of sp³-hybridized carbons (Fsp3) is 0.333. The van der Waals surface area contributed by atoms with E-state index >= 15 is 0 Å². The number of carbonyl (C=O) groups is 2. The number of nitrogens with two attached hydrogens (primary N) is 1. The van der Waals surface area contributed by atoms with E-state index in [1.165, 1.54) is 24.3 Å². The monoisotopic (exact) mass is 513 g/mol. The molecule has 2 amide bonds. The Morgan fingerprint density at radius 1 is 1.31 bits per heavy atom. The van der Waals surface area contributed by atoms with Crippen LogP contribution in [0.1, 0.15) is 34.1 Å². The van der Waals surface area contributed by atoms with Gasteiger partial charge in [-0.1, -0.05) is 6.07 Å². The van der Waals surface area contributed by atoms with Crippen LogP contribution in [0, 0.1) is 11.2 Å². The molecule has 0 radical (unpaired) electrons. The quantitative estimate of drug-likeness (QED) is 0.124. The summed E-state index contributed by atoms with van der Waals surface area (Å²) in [5.41, 5.74) is 2.69. The lowest BCUT2D eigenvalue weighted by Gasteiger charge is -2.28. The number of aromatic nitrogens is 1. The SMILES string of the molecule is C[C@H](CO)N(NN)C(=N)c1cccc(NC(=O)c2cc3c(cc2F)CN(C(=O)OCC(F)(F)F)C3)n1. The molecule has 6 N–H and O–H groups in total. The minimum absolute atomic E-state index is 0.00636. The third-order valence-corrected chi connectivity index (χ3v) is 5.19. The summed E-state index contributed by atoms with van der Waals surface area (Å²) in [7, 11) is 0. The maximum absolute atomic E-state index is 14.7. The Morgan fingerprint density at radius 2 is 1.97 bits per heavy atom. The Bertz CT molecular complexity index is 1160. The molecule has 36 heavy (non-hydrogen) atoms. The Hall–Kier alpha value is -3.82. The summed E-state index contributed by atoms with van der Waals surface area (Å²) in [4.78, 5) is 29.7. The number of pyridine rings is 1. The average Bonchev–Trinajstić information content (AvgIpc) is 3.24. The molecular weight excluding hydrogens is 490 g/mol. The molecule has 0 saturated carbocycles. The van der Waals surface area contributed by atoms with Crippen LogP contribution in [0.25, 0.3) is 0 Å². The summed E-state index contributed by atoms with van der Waals surface area (Å²) in [6.07, 6.45) is -5.89. The van der Waals surface area contributed by atoms with Crippen molar-refractivity contribution < 1.29 is 37.0 Å². The third-order valence-electron chi connectivity index (χ3n) is 5.19. The van der Waals surface area contributed by atoms with Crippen LogP contribution in [-0.2, 0) is 17.8 Å². The van der Waals surface area contributed by atoms with E-state index in [1.54, 1.807) is 6.92 Å². The van der Waals surface area contributed by atoms with Gasteiger partial charge in [-0.15, -0.1) is 0 Å². The zero-order valence-electron chi connectivity index (χ0n) is 18.9. The van der Waals surface area contributed by atoms with E-state index in [4.69, 9.17) is 11.3 Å². The van der Waals surface area contributed by atoms with E-state index in [0.29, 0.717) is 11.1 Å². The smallest absolute Gasteiger partial charge is 0.422 e. The van der Waals surface area contributed by atoms with Crippen LogP contribution in [0.5, 0.6) is 0 Å². The lowest BCUT2D eigenvalue weighted by molar-refractivity contribution is -0.162. The first-order valence-electron chi connectivity index (χ1n) is 10.5. The number of carbonyl (C=O) groups excluding carboxylic acids is 2. The molecule has 3 rings (SSSR count). The highest BCUT2D eigenvalue weighted by Gasteiger charge is 2.33. The van der Waals surface area contributed by atoms with E-state index in [1.807, 2.05) is 0 Å². The molecule has 2 aromatic rings. The molecule has 1 aromatic carbocycles. The Kier molecular flexibility index (Phi) is 8.07. The summed E-state index contributed by atoms with van der Waals surface area (Å²) >= 11 is 0. The zero-order chi connectivity index (χ0) is 26.6. The summed E-state index contributed by atoms with van der Waals surface area (Å²) in [5.74, 6) is 3.43. The minimum Gasteiger partial charge on any atom is -0.440 e. The van der Waals surface area contributed by atoms with Crippen molar-refractivity contribution in [3.63, 3.8) is 0 Å². The summed E-state index contributed by atoms with van der Waals surface area (Å²) in [6.45, 7) is -0.787. The lowest BCUT2D eigenvalue weighted by Crippen LogP contribution is -2.53. The predicted octanol–water partition coefficient (Wildman–Crippen LogP) is 1.87. The van der Waals surface area contributed by atoms with Gasteiger partial charge in [0.25, 0.3) is 5.91 Å². The number of benzene rings is 1. The van der Waals surface area contributed by atoms with E-state index in [2.05, 4.69) is 20.6 Å². The van der Waals surface area contributed by atoms with Crippen molar-refractivity contribution in [1.29, 1.82) is 5.41 Å². The van der Waals surface area contributed by atoms with Gasteiger partial charge in [0.1, 0.15) is 17.3 Å². The molecule has 2 heterocycles. The van der Waals surface area contributed by atoms with Gasteiger partial charge in [-0.3, -0.25) is 26.0 Å². The number of nitrogens with one attached hydrogen (secondary N) is 3. The predicted molar refractivity (Wildman–Crippen MR) is 118 cm³/mol. The molecule has 15 heteroatoms. The van der Waals surface area contributed by atoms with Crippen molar-refractivity contribution in [2.75, 3.05) is 18.5 Å². The highest BCUT2D eigenvalue weighted by atomic mass is 19.4. The number of hydrogen-bond acceptors (Lipinski definition) is 8. The number of hydrogen-bond donors (Lipinski definition) is 5. The largest absolute Gasteiger partial charge is 0.440 e. The molecule has 0 spiro atoms. The molecule has 0 fully saturated rings. The van der Waals surface area contributed by atoms with E-state index in [9.17, 15) is 32.3 Å². The number of fused-ring (bicyclic) bond motifs is 1. The van der Waals surface area contributed by atoms with Gasteiger partial charge < -0.3 is 15.2 Å². The van der Waals surface area contributed by atoms with Gasteiger partial charge in [-0.25, -0.2) is 14.2 Å². The fourth-order valence-corrected chi connectivity index (χ4v) is 3.40. The topological polar surface area (TPSA) is 157 Å². The second-order valence-electron chi connectivity index (χ2n) is 7.87. The van der Waals surface area contributed by atoms with Gasteiger partial charge in [0.2, 0.25) is 0 Å². The van der Waals surface area contributed by atoms with Crippen molar-refractivity contribution in [1.82, 2.24) is 20.4 Å². The molecule has 0 unspecified atom stereocenters. The van der Waals surface area contributed by atoms with Crippen LogP contribution >= 0.6 is 0 Å². The number of rotatable bonds is 7. The van der Waals surface area contributed by atoms with Crippen LogP contribution in [0.2, 0.25) is 0 Å². The van der Waals surface area contributed by atoms with Crippen molar-refractivity contribution in [3.05, 3.63) is 58.5 Å². The van der Waals surface area contributed by atoms with Gasteiger partial charge in [-0.05, 0) is 42.3 Å². The van der Waals surface area contributed by atoms with E-state index in [-0.39, 0.29) is 42.6 Å². The molecule has 1 atom stereocenters. The standard InChI is InChI=1S/C21H23F4N7O4/c1-11(9-33)32(30-27)18(26)16-3-2-4-17(28-16)29-19(34)14-5-12-7-31(8-13(12)6-15(14)22)20(35)36-10-21(23,24)25/h2-6,11,26,30,33H,7-10,27H2,1H3,(H,28,29,34)/t11-/m1/s1. The second-order valence-corrected chi connectivity index (χ2v) is 7.87. The molecule has 0 aliphatic carbocycles. The number of ether oxygens (including phenoxy) is 1. The Labute approximate surface area is 202 Å². The Morgan fingerprint density at radius 3 is 2.58 bits per heavy atom. The van der Waals surface area contributed by atoms with Crippen molar-refractivity contribution >= 4 is 23.7 Å². The molecule has 1 aromatic heterocycles. The van der Waals surface area contributed by atoms with E-state index < -0.39 is 36.6 Å². The number of aliphatic hydroxyl groups is 1. The maximum Gasteiger partial charge on any atom is 0.422 e. The van der Waals surface area contributed by atoms with Crippen LogP contribution in [0.4, 0.5) is 28.2 Å². The number of hydrazine groups is 2. The second kappa shape index (κ2) is 10.8. The number of amidine groups is 1. The van der Waals surface area contributed by atoms with Crippen molar-refractivity contribution in [3.8, 4) is 0 Å². The molecule has 1 aliphatic heterocycles. The lowest BCUT2D eigenvalue weighted by atomic mass is 10.1. The molecule has 194 valence electrons. The van der Waals surface area contributed by atoms with Crippen molar-refractivity contribution in [2.24, 2.45) is 5.84 Å². The third kappa shape index (κ3) is 6.24. The first-order valence-corrected chi connectivity index (χ1v) is 10.5. The summed E-state index contributed by atoms with van der Waals surface area (Å²) in [5, 5.41) is 21.1. The van der Waals surface area contributed by atoms with Gasteiger partial charge >= 0.3 is 12.3 Å². The first kappa shape index (κ1) is 26.8. The number of amides is 2. The summed E-state index contributed by atoms with van der Waals surface area (Å²) in [6, 6.07) is 6.04. The molecular formula is C21H23F4N7O4. The highest BCUT2D eigenvalue weighted by molar-refractivity contribution is 6.04. The average molecular weight is 513 g/mol. The molecule has 1 aliphatic rings. The van der Waals surface area contributed by atoms with Crippen molar-refractivity contribution in [2.45, 2.75) is 32.2 Å². The summed E-state index contributed by atoms with van der Waals surface area (Å²) < 4.78 is 55.8. The van der Waals surface area contributed by atoms with E-state index in [0.717, 1.165) is 16.0 Å². The molecule has 11 nitrogen and oxygen atoms in total. The normalized spacial score (nSPS) is 13.7. The van der Waals surface area contributed by atoms with Gasteiger partial charge in [0.15, 0.2) is 12.4 Å². The van der Waals surface area contributed by atoms with Gasteiger partial charge in [0, 0.05) is 13.1 Å². The maximum atomic E-state index is 14.7. The number of nitrogens with zero attached hydrogens (tertiary/aromatic N) is 3. The van der Waals surface area contributed by atoms with Crippen LogP contribution in [0.3, 0.4) is 0 Å². The first-order chi connectivity index (χ1) is 16.9. The van der Waals surface area contributed by atoms with Gasteiger partial charge in [-0.2, -0.15) is 18.7 Å². The molecule has 0 bridgehead atoms. The highest BCUT2D eigenvalue weighted by Crippen LogP contribution is 2.27. The van der Waals surface area contributed by atoms with Gasteiger partial charge in [0.05, 0.1) is 18.2 Å². The zero-order valence-corrected chi connectivity index (χ0v) is 18.9. The van der Waals surface area contributed by atoms with Crippen LogP contribution < -0.4 is 16.7 Å². The number of alkyl halides is 3. The molecule has 0 saturated heterocycles. The minimum atomic E-state index is -4.68. The fourth-order valence-electron chi connectivity index (χ4n) is 3.40. The van der Waals surface area contributed by atoms with Crippen LogP contribution in [-0.4, -0.2) is 63.3 Å². The number of halogens is 4. The van der Waals surface area contributed by atoms with Crippen LogP contribution in [0.15, 0.2) is 30.3 Å². The Balaban J connectivity index is 1.72. The number of anilines is 1. The number of aliphatic hydroxyl groups excluding tert-OH is 1.